The lowest BCUT2D eigenvalue weighted by molar-refractivity contribution is -0.137. The molecule has 1 aliphatic rings. The maximum Gasteiger partial charge on any atom is 0.416 e. The molecule has 0 bridgehead atoms. The molecular weight excluding hydrogens is 373 g/mol. The molecule has 2 amide bonds. The van der Waals surface area contributed by atoms with Crippen molar-refractivity contribution in [2.45, 2.75) is 13.1 Å². The average Bonchev–Trinajstić information content (AvgIpc) is 2.67. The number of halogens is 3. The summed E-state index contributed by atoms with van der Waals surface area (Å²) in [6, 6.07) is 7.87. The third-order valence-electron chi connectivity index (χ3n) is 4.50. The summed E-state index contributed by atoms with van der Waals surface area (Å²) in [4.78, 5) is 31.7. The number of nitrogens with one attached hydrogen (secondary N) is 1. The fraction of sp³-hybridized carbons (Fsp3) is 0.316. The summed E-state index contributed by atoms with van der Waals surface area (Å²) in [5.41, 5.74) is -0.346. The van der Waals surface area contributed by atoms with Crippen LogP contribution in [0.25, 0.3) is 0 Å². The second kappa shape index (κ2) is 7.87. The Morgan fingerprint density at radius 1 is 1.04 bits per heavy atom. The standard InChI is InChI=1S/C19H19F3N4O2/c1-13(27)25-8-10-26(11-9-25)18(28)16-6-3-7-23-17(16)24-15-5-2-4-14(12-15)19(20,21)22/h2-7,12H,8-11H2,1H3,(H,23,24). The minimum atomic E-state index is -4.46. The van der Waals surface area contributed by atoms with Crippen LogP contribution in [0.1, 0.15) is 22.8 Å². The average molecular weight is 392 g/mol. The molecule has 1 N–H and O–H groups in total. The number of alkyl halides is 3. The molecule has 0 radical (unpaired) electrons. The number of rotatable bonds is 3. The van der Waals surface area contributed by atoms with Gasteiger partial charge in [-0.25, -0.2) is 4.98 Å². The number of aromatic nitrogens is 1. The summed E-state index contributed by atoms with van der Waals surface area (Å²) in [5.74, 6) is -0.146. The number of benzene rings is 1. The number of hydrogen-bond donors (Lipinski definition) is 1. The molecule has 9 heteroatoms. The number of nitrogens with zero attached hydrogens (tertiary/aromatic N) is 3. The van der Waals surface area contributed by atoms with Crippen molar-refractivity contribution in [2.75, 3.05) is 31.5 Å². The molecule has 1 fully saturated rings. The van der Waals surface area contributed by atoms with Gasteiger partial charge < -0.3 is 15.1 Å². The van der Waals surface area contributed by atoms with Crippen LogP contribution in [0.2, 0.25) is 0 Å². The van der Waals surface area contributed by atoms with Crippen LogP contribution in [0.4, 0.5) is 24.7 Å². The predicted octanol–water partition coefficient (Wildman–Crippen LogP) is 3.15. The van der Waals surface area contributed by atoms with Gasteiger partial charge in [0.1, 0.15) is 5.82 Å². The summed E-state index contributed by atoms with van der Waals surface area (Å²) in [7, 11) is 0. The molecule has 6 nitrogen and oxygen atoms in total. The van der Waals surface area contributed by atoms with Crippen LogP contribution in [-0.2, 0) is 11.0 Å². The van der Waals surface area contributed by atoms with Crippen molar-refractivity contribution in [3.05, 3.63) is 53.7 Å². The first-order valence-electron chi connectivity index (χ1n) is 8.70. The molecule has 1 aromatic heterocycles. The summed E-state index contributed by atoms with van der Waals surface area (Å²) < 4.78 is 38.7. The summed E-state index contributed by atoms with van der Waals surface area (Å²) in [5, 5.41) is 2.81. The maximum atomic E-state index is 12.9. The van der Waals surface area contributed by atoms with Crippen LogP contribution >= 0.6 is 0 Å². The van der Waals surface area contributed by atoms with E-state index >= 15 is 0 Å². The van der Waals surface area contributed by atoms with Gasteiger partial charge in [0.05, 0.1) is 11.1 Å². The smallest absolute Gasteiger partial charge is 0.340 e. The van der Waals surface area contributed by atoms with Crippen molar-refractivity contribution < 1.29 is 22.8 Å². The fourth-order valence-corrected chi connectivity index (χ4v) is 2.98. The molecule has 28 heavy (non-hydrogen) atoms. The Balaban J connectivity index is 1.79. The quantitative estimate of drug-likeness (QED) is 0.872. The number of amides is 2. The molecule has 2 aromatic rings. The van der Waals surface area contributed by atoms with Gasteiger partial charge in [-0.15, -0.1) is 0 Å². The van der Waals surface area contributed by atoms with Crippen molar-refractivity contribution in [3.8, 4) is 0 Å². The van der Waals surface area contributed by atoms with Gasteiger partial charge in [-0.1, -0.05) is 6.07 Å². The lowest BCUT2D eigenvalue weighted by Crippen LogP contribution is -2.50. The van der Waals surface area contributed by atoms with E-state index in [1.807, 2.05) is 0 Å². The molecule has 0 aliphatic carbocycles. The topological polar surface area (TPSA) is 65.5 Å². The Labute approximate surface area is 160 Å². The van der Waals surface area contributed by atoms with E-state index in [2.05, 4.69) is 10.3 Å². The molecule has 148 valence electrons. The van der Waals surface area contributed by atoms with Crippen LogP contribution in [-0.4, -0.2) is 52.8 Å². The number of hydrogen-bond acceptors (Lipinski definition) is 4. The van der Waals surface area contributed by atoms with Crippen LogP contribution in [0, 0.1) is 0 Å². The molecule has 2 heterocycles. The lowest BCUT2D eigenvalue weighted by Gasteiger charge is -2.34. The molecule has 1 aliphatic heterocycles. The normalized spacial score (nSPS) is 14.7. The highest BCUT2D eigenvalue weighted by Crippen LogP contribution is 2.31. The van der Waals surface area contributed by atoms with E-state index in [9.17, 15) is 22.8 Å². The second-order valence-electron chi connectivity index (χ2n) is 6.40. The highest BCUT2D eigenvalue weighted by atomic mass is 19.4. The van der Waals surface area contributed by atoms with Gasteiger partial charge in [-0.3, -0.25) is 9.59 Å². The molecule has 0 saturated carbocycles. The van der Waals surface area contributed by atoms with E-state index in [1.165, 1.54) is 25.3 Å². The second-order valence-corrected chi connectivity index (χ2v) is 6.40. The monoisotopic (exact) mass is 392 g/mol. The molecule has 0 atom stereocenters. The van der Waals surface area contributed by atoms with E-state index < -0.39 is 11.7 Å². The van der Waals surface area contributed by atoms with Crippen LogP contribution < -0.4 is 5.32 Å². The SMILES string of the molecule is CC(=O)N1CCN(C(=O)c2cccnc2Nc2cccc(C(F)(F)F)c2)CC1. The summed E-state index contributed by atoms with van der Waals surface area (Å²) in [6.45, 7) is 3.14. The predicted molar refractivity (Wildman–Crippen MR) is 97.1 cm³/mol. The van der Waals surface area contributed by atoms with Gasteiger partial charge in [0, 0.05) is 45.0 Å². The van der Waals surface area contributed by atoms with Crippen LogP contribution in [0.5, 0.6) is 0 Å². The first-order valence-corrected chi connectivity index (χ1v) is 8.70. The summed E-state index contributed by atoms with van der Waals surface area (Å²) in [6.07, 6.45) is -3.00. The Kier molecular flexibility index (Phi) is 5.53. The van der Waals surface area contributed by atoms with Crippen LogP contribution in [0.3, 0.4) is 0 Å². The number of anilines is 2. The Morgan fingerprint density at radius 2 is 1.71 bits per heavy atom. The fourth-order valence-electron chi connectivity index (χ4n) is 2.98. The molecule has 1 aromatic carbocycles. The Morgan fingerprint density at radius 3 is 2.36 bits per heavy atom. The zero-order valence-corrected chi connectivity index (χ0v) is 15.2. The zero-order chi connectivity index (χ0) is 20.3. The van der Waals surface area contributed by atoms with Gasteiger partial charge in [-0.05, 0) is 30.3 Å². The minimum absolute atomic E-state index is 0.0413. The minimum Gasteiger partial charge on any atom is -0.340 e. The first-order chi connectivity index (χ1) is 13.3. The molecule has 0 unspecified atom stereocenters. The Bertz CT molecular complexity index is 877. The number of carbonyl (C=O) groups is 2. The number of carbonyl (C=O) groups excluding carboxylic acids is 2. The Hall–Kier alpha value is -3.10. The largest absolute Gasteiger partial charge is 0.416 e. The van der Waals surface area contributed by atoms with E-state index in [4.69, 9.17) is 0 Å². The zero-order valence-electron chi connectivity index (χ0n) is 15.2. The molecular formula is C19H19F3N4O2. The van der Waals surface area contributed by atoms with Crippen LogP contribution in [0.15, 0.2) is 42.6 Å². The van der Waals surface area contributed by atoms with E-state index in [1.54, 1.807) is 21.9 Å². The van der Waals surface area contributed by atoms with Crippen molar-refractivity contribution >= 4 is 23.3 Å². The summed E-state index contributed by atoms with van der Waals surface area (Å²) >= 11 is 0. The number of pyridine rings is 1. The van der Waals surface area contributed by atoms with Crippen molar-refractivity contribution in [3.63, 3.8) is 0 Å². The van der Waals surface area contributed by atoms with E-state index in [0.29, 0.717) is 26.2 Å². The van der Waals surface area contributed by atoms with Crippen molar-refractivity contribution in [1.82, 2.24) is 14.8 Å². The number of piperazine rings is 1. The molecule has 0 spiro atoms. The lowest BCUT2D eigenvalue weighted by atomic mass is 10.1. The van der Waals surface area contributed by atoms with Gasteiger partial charge in [0.25, 0.3) is 5.91 Å². The molecule has 1 saturated heterocycles. The van der Waals surface area contributed by atoms with Gasteiger partial charge in [0.2, 0.25) is 5.91 Å². The first kappa shape index (κ1) is 19.7. The van der Waals surface area contributed by atoms with E-state index in [0.717, 1.165) is 12.1 Å². The highest BCUT2D eigenvalue weighted by Gasteiger charge is 2.30. The van der Waals surface area contributed by atoms with Gasteiger partial charge in [0.15, 0.2) is 0 Å². The third kappa shape index (κ3) is 4.41. The molecule has 3 rings (SSSR count). The van der Waals surface area contributed by atoms with Gasteiger partial charge in [-0.2, -0.15) is 13.2 Å². The van der Waals surface area contributed by atoms with Crippen molar-refractivity contribution in [2.24, 2.45) is 0 Å². The van der Waals surface area contributed by atoms with E-state index in [-0.39, 0.29) is 28.9 Å². The van der Waals surface area contributed by atoms with Gasteiger partial charge >= 0.3 is 6.18 Å². The maximum absolute atomic E-state index is 12.9. The highest BCUT2D eigenvalue weighted by molar-refractivity contribution is 5.99. The van der Waals surface area contributed by atoms with Crippen molar-refractivity contribution in [1.29, 1.82) is 0 Å². The third-order valence-corrected chi connectivity index (χ3v) is 4.50.